The average molecular weight is 356 g/mol. The zero-order valence-corrected chi connectivity index (χ0v) is 15.5. The topological polar surface area (TPSA) is 91.5 Å². The first-order chi connectivity index (χ1) is 12.3. The SMILES string of the molecule is CC(C)c1cccc(C(C)C)c1OC(=O)OCc1ncccc1C(N)=O. The lowest BCUT2D eigenvalue weighted by atomic mass is 9.94. The number of rotatable bonds is 6. The van der Waals surface area contributed by atoms with Crippen molar-refractivity contribution in [1.82, 2.24) is 4.98 Å². The van der Waals surface area contributed by atoms with Gasteiger partial charge in [-0.25, -0.2) is 4.79 Å². The van der Waals surface area contributed by atoms with Gasteiger partial charge in [-0.2, -0.15) is 0 Å². The molecule has 1 aromatic heterocycles. The number of primary amides is 1. The summed E-state index contributed by atoms with van der Waals surface area (Å²) >= 11 is 0. The minimum absolute atomic E-state index is 0.189. The zero-order valence-electron chi connectivity index (χ0n) is 15.5. The van der Waals surface area contributed by atoms with Crippen LogP contribution in [-0.4, -0.2) is 17.0 Å². The summed E-state index contributed by atoms with van der Waals surface area (Å²) in [6.07, 6.45) is 0.655. The first-order valence-electron chi connectivity index (χ1n) is 8.52. The van der Waals surface area contributed by atoms with Crippen molar-refractivity contribution in [2.75, 3.05) is 0 Å². The van der Waals surface area contributed by atoms with Gasteiger partial charge in [0, 0.05) is 6.20 Å². The van der Waals surface area contributed by atoms with E-state index in [1.807, 2.05) is 45.9 Å². The quantitative estimate of drug-likeness (QED) is 0.620. The van der Waals surface area contributed by atoms with Crippen molar-refractivity contribution in [1.29, 1.82) is 0 Å². The van der Waals surface area contributed by atoms with E-state index >= 15 is 0 Å². The lowest BCUT2D eigenvalue weighted by Gasteiger charge is -2.18. The van der Waals surface area contributed by atoms with Crippen LogP contribution < -0.4 is 10.5 Å². The fraction of sp³-hybridized carbons (Fsp3) is 0.350. The van der Waals surface area contributed by atoms with Gasteiger partial charge >= 0.3 is 6.16 Å². The number of ether oxygens (including phenoxy) is 2. The highest BCUT2D eigenvalue weighted by atomic mass is 16.7. The second-order valence-corrected chi connectivity index (χ2v) is 6.58. The number of benzene rings is 1. The third kappa shape index (κ3) is 4.59. The highest BCUT2D eigenvalue weighted by Gasteiger charge is 2.19. The maximum Gasteiger partial charge on any atom is 0.514 e. The molecule has 138 valence electrons. The lowest BCUT2D eigenvalue weighted by molar-refractivity contribution is 0.0886. The van der Waals surface area contributed by atoms with E-state index in [0.29, 0.717) is 5.75 Å². The van der Waals surface area contributed by atoms with Crippen molar-refractivity contribution in [2.24, 2.45) is 5.73 Å². The summed E-state index contributed by atoms with van der Waals surface area (Å²) in [5.74, 6) is 0.276. The molecule has 1 heterocycles. The summed E-state index contributed by atoms with van der Waals surface area (Å²) in [6, 6.07) is 8.95. The second kappa shape index (κ2) is 8.47. The number of carbonyl (C=O) groups excluding carboxylic acids is 2. The smallest absolute Gasteiger partial charge is 0.427 e. The Morgan fingerprint density at radius 1 is 1.04 bits per heavy atom. The molecule has 2 aromatic rings. The van der Waals surface area contributed by atoms with Crippen LogP contribution in [0.15, 0.2) is 36.5 Å². The minimum atomic E-state index is -0.846. The highest BCUT2D eigenvalue weighted by Crippen LogP contribution is 2.34. The molecule has 0 fully saturated rings. The first-order valence-corrected chi connectivity index (χ1v) is 8.52. The Balaban J connectivity index is 2.17. The molecule has 0 radical (unpaired) electrons. The largest absolute Gasteiger partial charge is 0.514 e. The summed E-state index contributed by atoms with van der Waals surface area (Å²) in [6.45, 7) is 7.93. The Morgan fingerprint density at radius 3 is 2.19 bits per heavy atom. The molecular formula is C20H24N2O4. The standard InChI is InChI=1S/C20H24N2O4/c1-12(2)14-7-5-8-15(13(3)4)18(14)26-20(24)25-11-17-16(19(21)23)9-6-10-22-17/h5-10,12-13H,11H2,1-4H3,(H2,21,23). The molecule has 6 nitrogen and oxygen atoms in total. The van der Waals surface area contributed by atoms with Gasteiger partial charge in [0.2, 0.25) is 0 Å². The van der Waals surface area contributed by atoms with E-state index in [1.54, 1.807) is 6.07 Å². The summed E-state index contributed by atoms with van der Waals surface area (Å²) in [7, 11) is 0. The molecule has 2 N–H and O–H groups in total. The number of hydrogen-bond acceptors (Lipinski definition) is 5. The first kappa shape index (κ1) is 19.4. The van der Waals surface area contributed by atoms with Crippen LogP contribution in [-0.2, 0) is 11.3 Å². The van der Waals surface area contributed by atoms with E-state index in [2.05, 4.69) is 4.98 Å². The molecule has 0 aliphatic heterocycles. The minimum Gasteiger partial charge on any atom is -0.427 e. The van der Waals surface area contributed by atoms with Crippen LogP contribution in [0.1, 0.15) is 66.7 Å². The Morgan fingerprint density at radius 2 is 1.65 bits per heavy atom. The molecule has 2 rings (SSSR count). The normalized spacial score (nSPS) is 10.8. The number of nitrogens with zero attached hydrogens (tertiary/aromatic N) is 1. The molecule has 0 spiro atoms. The van der Waals surface area contributed by atoms with E-state index in [9.17, 15) is 9.59 Å². The molecule has 0 aliphatic rings. The van der Waals surface area contributed by atoms with Crippen molar-refractivity contribution in [3.05, 3.63) is 58.9 Å². The van der Waals surface area contributed by atoms with Crippen molar-refractivity contribution in [3.8, 4) is 5.75 Å². The van der Waals surface area contributed by atoms with Gasteiger partial charge in [-0.05, 0) is 35.1 Å². The predicted octanol–water partition coefficient (Wildman–Crippen LogP) is 4.14. The van der Waals surface area contributed by atoms with Gasteiger partial charge in [-0.1, -0.05) is 45.9 Å². The van der Waals surface area contributed by atoms with Crippen molar-refractivity contribution >= 4 is 12.1 Å². The van der Waals surface area contributed by atoms with Crippen LogP contribution in [0.5, 0.6) is 5.75 Å². The summed E-state index contributed by atoms with van der Waals surface area (Å²) in [5.41, 5.74) is 7.67. The third-order valence-electron chi connectivity index (χ3n) is 3.99. The third-order valence-corrected chi connectivity index (χ3v) is 3.99. The Kier molecular flexibility index (Phi) is 6.33. The maximum atomic E-state index is 12.2. The molecular weight excluding hydrogens is 332 g/mol. The summed E-state index contributed by atoms with van der Waals surface area (Å²) < 4.78 is 10.7. The van der Waals surface area contributed by atoms with Crippen LogP contribution in [0.3, 0.4) is 0 Å². The highest BCUT2D eigenvalue weighted by molar-refractivity contribution is 5.93. The molecule has 0 aliphatic carbocycles. The van der Waals surface area contributed by atoms with E-state index < -0.39 is 12.1 Å². The van der Waals surface area contributed by atoms with E-state index in [4.69, 9.17) is 15.2 Å². The molecule has 6 heteroatoms. The van der Waals surface area contributed by atoms with Gasteiger partial charge in [-0.15, -0.1) is 0 Å². The number of para-hydroxylation sites is 1. The van der Waals surface area contributed by atoms with Crippen LogP contribution in [0.2, 0.25) is 0 Å². The fourth-order valence-electron chi connectivity index (χ4n) is 2.62. The van der Waals surface area contributed by atoms with Crippen molar-refractivity contribution in [3.63, 3.8) is 0 Å². The molecule has 0 saturated carbocycles. The predicted molar refractivity (Wildman–Crippen MR) is 98.2 cm³/mol. The summed E-state index contributed by atoms with van der Waals surface area (Å²) in [4.78, 5) is 27.7. The number of amides is 1. The van der Waals surface area contributed by atoms with Gasteiger partial charge in [-0.3, -0.25) is 9.78 Å². The Bertz CT molecular complexity index is 774. The summed E-state index contributed by atoms with van der Waals surface area (Å²) in [5, 5.41) is 0. The van der Waals surface area contributed by atoms with Crippen LogP contribution >= 0.6 is 0 Å². The van der Waals surface area contributed by atoms with Crippen molar-refractivity contribution in [2.45, 2.75) is 46.1 Å². The van der Waals surface area contributed by atoms with Gasteiger partial charge in [0.15, 0.2) is 0 Å². The number of nitrogens with two attached hydrogens (primary N) is 1. The maximum absolute atomic E-state index is 12.2. The Labute approximate surface area is 153 Å². The monoisotopic (exact) mass is 356 g/mol. The van der Waals surface area contributed by atoms with Crippen LogP contribution in [0.25, 0.3) is 0 Å². The van der Waals surface area contributed by atoms with E-state index in [-0.39, 0.29) is 29.7 Å². The molecule has 0 unspecified atom stereocenters. The van der Waals surface area contributed by atoms with Gasteiger partial charge < -0.3 is 15.2 Å². The number of hydrogen-bond donors (Lipinski definition) is 1. The number of pyridine rings is 1. The van der Waals surface area contributed by atoms with Crippen molar-refractivity contribution < 1.29 is 19.1 Å². The Hall–Kier alpha value is -2.89. The lowest BCUT2D eigenvalue weighted by Crippen LogP contribution is -2.18. The van der Waals surface area contributed by atoms with Gasteiger partial charge in [0.1, 0.15) is 12.4 Å². The average Bonchev–Trinajstić information content (AvgIpc) is 2.59. The molecule has 0 atom stereocenters. The molecule has 1 amide bonds. The van der Waals surface area contributed by atoms with E-state index in [0.717, 1.165) is 11.1 Å². The second-order valence-electron chi connectivity index (χ2n) is 6.58. The molecule has 0 saturated heterocycles. The molecule has 26 heavy (non-hydrogen) atoms. The van der Waals surface area contributed by atoms with Crippen LogP contribution in [0.4, 0.5) is 4.79 Å². The number of aromatic nitrogens is 1. The van der Waals surface area contributed by atoms with Gasteiger partial charge in [0.25, 0.3) is 5.91 Å². The van der Waals surface area contributed by atoms with E-state index in [1.165, 1.54) is 12.3 Å². The van der Waals surface area contributed by atoms with Crippen LogP contribution in [0, 0.1) is 0 Å². The number of carbonyl (C=O) groups is 2. The van der Waals surface area contributed by atoms with Gasteiger partial charge in [0.05, 0.1) is 11.3 Å². The zero-order chi connectivity index (χ0) is 19.3. The fourth-order valence-corrected chi connectivity index (χ4v) is 2.62. The molecule has 1 aromatic carbocycles. The molecule has 0 bridgehead atoms.